The number of carbonyl (C=O) groups excluding carboxylic acids is 4. The molecule has 0 heterocycles. The Bertz CT molecular complexity index is 313. The zero-order chi connectivity index (χ0) is 14.7. The molecule has 18 heavy (non-hydrogen) atoms. The predicted molar refractivity (Wildman–Crippen MR) is 54.7 cm³/mol. The molecule has 0 spiro atoms. The molecule has 0 radical (unpaired) electrons. The second-order valence-electron chi connectivity index (χ2n) is 2.86. The molecule has 0 saturated carbocycles. The van der Waals surface area contributed by atoms with Crippen molar-refractivity contribution in [1.82, 2.24) is 0 Å². The molecule has 6 nitrogen and oxygen atoms in total. The highest BCUT2D eigenvalue weighted by Crippen LogP contribution is 1.94. The summed E-state index contributed by atoms with van der Waals surface area (Å²) in [5.74, 6) is -3.74. The van der Waals surface area contributed by atoms with E-state index in [9.17, 15) is 28.0 Å². The van der Waals surface area contributed by atoms with E-state index in [1.54, 1.807) is 0 Å². The number of alkyl halides is 2. The molecule has 0 N–H and O–H groups in total. The average Bonchev–Trinajstić information content (AvgIpc) is 2.28. The second kappa shape index (κ2) is 10.3. The van der Waals surface area contributed by atoms with E-state index < -0.39 is 36.7 Å². The lowest BCUT2D eigenvalue weighted by atomic mass is 10.4. The highest BCUT2D eigenvalue weighted by Gasteiger charge is 2.15. The predicted octanol–water partition coefficient (Wildman–Crippen LogP) is 0.870. The van der Waals surface area contributed by atoms with Crippen LogP contribution in [0.4, 0.5) is 8.78 Å². The van der Waals surface area contributed by atoms with Gasteiger partial charge in [-0.2, -0.15) is 0 Å². The van der Waals surface area contributed by atoms with Crippen molar-refractivity contribution < 1.29 is 37.4 Å². The molecule has 0 aromatic rings. The van der Waals surface area contributed by atoms with Crippen molar-refractivity contribution in [2.45, 2.75) is 33.4 Å². The minimum Gasteiger partial charge on any atom is -0.391 e. The number of halogens is 2. The summed E-state index contributed by atoms with van der Waals surface area (Å²) in [5, 5.41) is 0. The van der Waals surface area contributed by atoms with E-state index in [0.29, 0.717) is 0 Å². The van der Waals surface area contributed by atoms with Gasteiger partial charge in [-0.3, -0.25) is 9.59 Å². The van der Waals surface area contributed by atoms with Crippen molar-refractivity contribution in [3.8, 4) is 0 Å². The Morgan fingerprint density at radius 2 is 1.61 bits per heavy atom. The van der Waals surface area contributed by atoms with Gasteiger partial charge >= 0.3 is 23.9 Å². The third-order valence-corrected chi connectivity index (χ3v) is 1.19. The van der Waals surface area contributed by atoms with Gasteiger partial charge in [-0.1, -0.05) is 6.92 Å². The molecule has 0 aliphatic rings. The minimum atomic E-state index is -1.73. The normalized spacial score (nSPS) is 10.5. The zero-order valence-electron chi connectivity index (χ0n) is 10.2. The fourth-order valence-corrected chi connectivity index (χ4v) is 0.453. The van der Waals surface area contributed by atoms with Gasteiger partial charge in [-0.15, -0.1) is 0 Å². The van der Waals surface area contributed by atoms with Crippen LogP contribution >= 0.6 is 0 Å². The maximum absolute atomic E-state index is 12.0. The lowest BCUT2D eigenvalue weighted by Gasteiger charge is -1.99. The summed E-state index contributed by atoms with van der Waals surface area (Å²) in [5.41, 5.74) is 0. The molecule has 104 valence electrons. The van der Waals surface area contributed by atoms with Crippen LogP contribution in [0.25, 0.3) is 0 Å². The van der Waals surface area contributed by atoms with Gasteiger partial charge < -0.3 is 9.47 Å². The monoisotopic (exact) mass is 268 g/mol. The number of ether oxygens (including phenoxy) is 2. The van der Waals surface area contributed by atoms with Crippen LogP contribution in [0.5, 0.6) is 0 Å². The molecule has 1 atom stereocenters. The number of hydrogen-bond donors (Lipinski definition) is 0. The fraction of sp³-hybridized carbons (Fsp3) is 0.600. The number of hydrogen-bond acceptors (Lipinski definition) is 6. The van der Waals surface area contributed by atoms with Crippen molar-refractivity contribution in [2.75, 3.05) is 6.67 Å². The first-order valence-corrected chi connectivity index (χ1v) is 4.90. The van der Waals surface area contributed by atoms with Crippen LogP contribution in [0, 0.1) is 0 Å². The Hall–Kier alpha value is -1.86. The van der Waals surface area contributed by atoms with E-state index in [1.807, 2.05) is 0 Å². The van der Waals surface area contributed by atoms with Crippen LogP contribution in [0.2, 0.25) is 0 Å². The molecule has 1 unspecified atom stereocenters. The summed E-state index contributed by atoms with van der Waals surface area (Å²) >= 11 is 0. The Morgan fingerprint density at radius 1 is 1.11 bits per heavy atom. The molecule has 0 bridgehead atoms. The maximum atomic E-state index is 12.0. The molecule has 0 rings (SSSR count). The van der Waals surface area contributed by atoms with Crippen LogP contribution in [0.15, 0.2) is 0 Å². The van der Waals surface area contributed by atoms with E-state index >= 15 is 0 Å². The third kappa shape index (κ3) is 12.2. The molecule has 0 amide bonds. The van der Waals surface area contributed by atoms with Gasteiger partial charge in [0, 0.05) is 13.3 Å². The summed E-state index contributed by atoms with van der Waals surface area (Å²) in [7, 11) is 0. The second-order valence-corrected chi connectivity index (χ2v) is 2.86. The quantitative estimate of drug-likeness (QED) is 0.557. The van der Waals surface area contributed by atoms with Crippen molar-refractivity contribution in [2.24, 2.45) is 0 Å². The van der Waals surface area contributed by atoms with Crippen LogP contribution in [0.1, 0.15) is 27.2 Å². The smallest absolute Gasteiger partial charge is 0.348 e. The summed E-state index contributed by atoms with van der Waals surface area (Å²) in [4.78, 5) is 40.2. The third-order valence-electron chi connectivity index (χ3n) is 1.19. The maximum Gasteiger partial charge on any atom is 0.348 e. The van der Waals surface area contributed by atoms with E-state index in [-0.39, 0.29) is 6.42 Å². The summed E-state index contributed by atoms with van der Waals surface area (Å²) in [6.07, 6.45) is -1.64. The topological polar surface area (TPSA) is 86.7 Å². The van der Waals surface area contributed by atoms with E-state index in [4.69, 9.17) is 0 Å². The highest BCUT2D eigenvalue weighted by atomic mass is 19.1. The molecule has 0 aliphatic heterocycles. The molecular formula is C10H14F2O6. The molecule has 8 heteroatoms. The first-order valence-electron chi connectivity index (χ1n) is 4.90. The van der Waals surface area contributed by atoms with Gasteiger partial charge in [0.1, 0.15) is 0 Å². The van der Waals surface area contributed by atoms with Crippen LogP contribution in [0.3, 0.4) is 0 Å². The van der Waals surface area contributed by atoms with Gasteiger partial charge in [0.25, 0.3) is 0 Å². The largest absolute Gasteiger partial charge is 0.391 e. The summed E-state index contributed by atoms with van der Waals surface area (Å²) in [6.45, 7) is 2.33. The Kier molecular flexibility index (Phi) is 10.6. The Morgan fingerprint density at radius 3 is 1.83 bits per heavy atom. The van der Waals surface area contributed by atoms with Crippen LogP contribution in [-0.2, 0) is 28.7 Å². The molecule has 0 aromatic heterocycles. The van der Waals surface area contributed by atoms with Gasteiger partial charge in [0.15, 0.2) is 12.8 Å². The van der Waals surface area contributed by atoms with Gasteiger partial charge in [-0.25, -0.2) is 18.4 Å². The Balaban J connectivity index is 0. The van der Waals surface area contributed by atoms with Gasteiger partial charge in [0.05, 0.1) is 0 Å². The van der Waals surface area contributed by atoms with E-state index in [2.05, 4.69) is 9.47 Å². The first kappa shape index (κ1) is 18.5. The lowest BCUT2D eigenvalue weighted by Crippen LogP contribution is -2.19. The molecule has 0 saturated heterocycles. The van der Waals surface area contributed by atoms with Crippen molar-refractivity contribution in [3.63, 3.8) is 0 Å². The lowest BCUT2D eigenvalue weighted by molar-refractivity contribution is -0.163. The molecule has 0 fully saturated rings. The van der Waals surface area contributed by atoms with Crippen molar-refractivity contribution in [1.29, 1.82) is 0 Å². The summed E-state index contributed by atoms with van der Waals surface area (Å²) < 4.78 is 30.8. The average molecular weight is 268 g/mol. The first-order chi connectivity index (χ1) is 8.24. The number of carbonyl (C=O) groups is 4. The van der Waals surface area contributed by atoms with Crippen molar-refractivity contribution in [3.05, 3.63) is 0 Å². The standard InChI is InChI=1S/C6H9FO3.C4H5FO3/c1-3-5(8)10-6(9)4(2)7;1-3(6)8-4(7)2-5/h4H,3H2,1-2H3;2H2,1H3. The van der Waals surface area contributed by atoms with Crippen molar-refractivity contribution >= 4 is 23.9 Å². The van der Waals surface area contributed by atoms with E-state index in [1.165, 1.54) is 6.92 Å². The minimum absolute atomic E-state index is 0.0818. The van der Waals surface area contributed by atoms with E-state index in [0.717, 1.165) is 13.8 Å². The number of rotatable bonds is 3. The highest BCUT2D eigenvalue weighted by molar-refractivity contribution is 5.87. The number of esters is 4. The SMILES string of the molecule is CC(=O)OC(=O)CF.CCC(=O)OC(=O)C(C)F. The fourth-order valence-electron chi connectivity index (χ4n) is 0.453. The zero-order valence-corrected chi connectivity index (χ0v) is 10.2. The Labute approximate surface area is 102 Å². The molecular weight excluding hydrogens is 254 g/mol. The van der Waals surface area contributed by atoms with Crippen LogP contribution in [-0.4, -0.2) is 36.7 Å². The molecule has 0 aromatic carbocycles. The van der Waals surface area contributed by atoms with Gasteiger partial charge in [0.2, 0.25) is 0 Å². The van der Waals surface area contributed by atoms with Crippen LogP contribution < -0.4 is 0 Å². The summed E-state index contributed by atoms with van der Waals surface area (Å²) in [6, 6.07) is 0. The molecule has 0 aliphatic carbocycles. The van der Waals surface area contributed by atoms with Gasteiger partial charge in [-0.05, 0) is 6.92 Å².